The fourth-order valence-electron chi connectivity index (χ4n) is 1.69. The summed E-state index contributed by atoms with van der Waals surface area (Å²) in [7, 11) is 0. The highest BCUT2D eigenvalue weighted by atomic mass is 79.9. The smallest absolute Gasteiger partial charge is 0.330 e. The number of halogens is 1. The number of nitrogens with two attached hydrogens (primary N) is 1. The highest BCUT2D eigenvalue weighted by Crippen LogP contribution is 2.21. The van der Waals surface area contributed by atoms with Crippen LogP contribution < -0.4 is 22.3 Å². The molecule has 0 unspecified atom stereocenters. The summed E-state index contributed by atoms with van der Waals surface area (Å²) in [6.07, 6.45) is 0. The lowest BCUT2D eigenvalue weighted by atomic mass is 10.4. The molecule has 6 nitrogen and oxygen atoms in total. The highest BCUT2D eigenvalue weighted by Gasteiger charge is 2.11. The van der Waals surface area contributed by atoms with Crippen LogP contribution in [-0.2, 0) is 13.1 Å². The number of nitrogens with zero attached hydrogens (tertiary/aromatic N) is 1. The standard InChI is InChI=1S/C11H13BrN4O2S/c1-2-16-9(13)8(10(17)15-11(16)18)14-4-7-3-6(12)5-19-7/h3,5,14H,2,4,13H2,1H3,(H,15,17,18). The number of hydrogen-bond donors (Lipinski definition) is 3. The van der Waals surface area contributed by atoms with Crippen LogP contribution in [-0.4, -0.2) is 9.55 Å². The van der Waals surface area contributed by atoms with Crippen molar-refractivity contribution in [3.63, 3.8) is 0 Å². The molecule has 0 aromatic carbocycles. The Morgan fingerprint density at radius 2 is 2.26 bits per heavy atom. The number of aromatic nitrogens is 2. The Labute approximate surface area is 121 Å². The predicted octanol–water partition coefficient (Wildman–Crippen LogP) is 1.57. The van der Waals surface area contributed by atoms with Crippen molar-refractivity contribution in [1.29, 1.82) is 0 Å². The predicted molar refractivity (Wildman–Crippen MR) is 80.8 cm³/mol. The van der Waals surface area contributed by atoms with E-state index in [2.05, 4.69) is 26.2 Å². The minimum atomic E-state index is -0.497. The van der Waals surface area contributed by atoms with E-state index in [1.807, 2.05) is 11.4 Å². The van der Waals surface area contributed by atoms with Crippen molar-refractivity contribution in [2.75, 3.05) is 11.1 Å². The van der Waals surface area contributed by atoms with Crippen molar-refractivity contribution in [3.8, 4) is 0 Å². The van der Waals surface area contributed by atoms with Crippen LogP contribution in [0.15, 0.2) is 25.5 Å². The van der Waals surface area contributed by atoms with E-state index in [0.717, 1.165) is 9.35 Å². The number of nitrogens with one attached hydrogen (secondary N) is 2. The Morgan fingerprint density at radius 3 is 2.84 bits per heavy atom. The Morgan fingerprint density at radius 1 is 1.53 bits per heavy atom. The van der Waals surface area contributed by atoms with Gasteiger partial charge in [0.15, 0.2) is 0 Å². The fraction of sp³-hybridized carbons (Fsp3) is 0.273. The molecule has 0 amide bonds. The third-order valence-electron chi connectivity index (χ3n) is 2.62. The molecule has 8 heteroatoms. The second kappa shape index (κ2) is 5.62. The summed E-state index contributed by atoms with van der Waals surface area (Å²) in [5.74, 6) is 0.159. The molecular formula is C11H13BrN4O2S. The maximum absolute atomic E-state index is 11.7. The topological polar surface area (TPSA) is 92.9 Å². The summed E-state index contributed by atoms with van der Waals surface area (Å²) < 4.78 is 2.31. The second-order valence-corrected chi connectivity index (χ2v) is 5.76. The number of thiophene rings is 1. The molecule has 2 rings (SSSR count). The van der Waals surface area contributed by atoms with Crippen LogP contribution in [0.4, 0.5) is 11.5 Å². The zero-order chi connectivity index (χ0) is 14.0. The first-order valence-electron chi connectivity index (χ1n) is 5.62. The lowest BCUT2D eigenvalue weighted by Gasteiger charge is -2.11. The SMILES string of the molecule is CCn1c(N)c(NCc2cc(Br)cs2)c(=O)[nH]c1=O. The molecule has 0 atom stereocenters. The van der Waals surface area contributed by atoms with Crippen LogP contribution in [0, 0.1) is 0 Å². The van der Waals surface area contributed by atoms with Crippen LogP contribution in [0.1, 0.15) is 11.8 Å². The first-order chi connectivity index (χ1) is 9.02. The summed E-state index contributed by atoms with van der Waals surface area (Å²) in [5, 5.41) is 4.93. The number of aromatic amines is 1. The van der Waals surface area contributed by atoms with E-state index in [-0.39, 0.29) is 11.5 Å². The number of rotatable bonds is 4. The quantitative estimate of drug-likeness (QED) is 0.784. The van der Waals surface area contributed by atoms with Crippen molar-refractivity contribution in [3.05, 3.63) is 41.6 Å². The fourth-order valence-corrected chi connectivity index (χ4v) is 3.09. The van der Waals surface area contributed by atoms with Crippen molar-refractivity contribution in [2.24, 2.45) is 0 Å². The van der Waals surface area contributed by atoms with Gasteiger partial charge in [-0.05, 0) is 28.9 Å². The Balaban J connectivity index is 2.30. The third kappa shape index (κ3) is 2.90. The first-order valence-corrected chi connectivity index (χ1v) is 7.29. The first kappa shape index (κ1) is 13.9. The normalized spacial score (nSPS) is 10.6. The average molecular weight is 345 g/mol. The number of H-pyrrole nitrogens is 1. The summed E-state index contributed by atoms with van der Waals surface area (Å²) >= 11 is 4.93. The molecule has 2 aromatic rings. The molecule has 0 spiro atoms. The summed E-state index contributed by atoms with van der Waals surface area (Å²) in [4.78, 5) is 26.6. The molecule has 0 fully saturated rings. The van der Waals surface area contributed by atoms with Crippen LogP contribution in [0.3, 0.4) is 0 Å². The van der Waals surface area contributed by atoms with Gasteiger partial charge >= 0.3 is 5.69 Å². The number of anilines is 2. The van der Waals surface area contributed by atoms with E-state index in [4.69, 9.17) is 5.73 Å². The van der Waals surface area contributed by atoms with Gasteiger partial charge in [-0.1, -0.05) is 0 Å². The minimum Gasteiger partial charge on any atom is -0.383 e. The van der Waals surface area contributed by atoms with E-state index in [0.29, 0.717) is 13.1 Å². The zero-order valence-electron chi connectivity index (χ0n) is 10.2. The minimum absolute atomic E-state index is 0.159. The van der Waals surface area contributed by atoms with Gasteiger partial charge in [-0.15, -0.1) is 11.3 Å². The average Bonchev–Trinajstić information content (AvgIpc) is 2.75. The summed E-state index contributed by atoms with van der Waals surface area (Å²) in [6.45, 7) is 2.67. The molecule has 0 aliphatic carbocycles. The molecule has 0 aliphatic heterocycles. The van der Waals surface area contributed by atoms with Gasteiger partial charge in [-0.2, -0.15) is 0 Å². The lowest BCUT2D eigenvalue weighted by Crippen LogP contribution is -2.33. The Bertz CT molecular complexity index is 703. The molecule has 102 valence electrons. The lowest BCUT2D eigenvalue weighted by molar-refractivity contribution is 0.706. The van der Waals surface area contributed by atoms with Gasteiger partial charge in [0.1, 0.15) is 11.5 Å². The maximum Gasteiger partial charge on any atom is 0.330 e. The summed E-state index contributed by atoms with van der Waals surface area (Å²) in [6, 6.07) is 1.96. The van der Waals surface area contributed by atoms with Gasteiger partial charge < -0.3 is 11.1 Å². The number of nitrogen functional groups attached to an aromatic ring is 1. The molecule has 2 aromatic heterocycles. The van der Waals surface area contributed by atoms with Crippen LogP contribution in [0.2, 0.25) is 0 Å². The third-order valence-corrected chi connectivity index (χ3v) is 4.31. The molecule has 0 radical (unpaired) electrons. The monoisotopic (exact) mass is 344 g/mol. The van der Waals surface area contributed by atoms with Gasteiger partial charge in [0.2, 0.25) is 0 Å². The van der Waals surface area contributed by atoms with Crippen LogP contribution in [0.25, 0.3) is 0 Å². The van der Waals surface area contributed by atoms with Gasteiger partial charge in [0.25, 0.3) is 5.56 Å². The molecule has 2 heterocycles. The van der Waals surface area contributed by atoms with Gasteiger partial charge in [0, 0.05) is 27.8 Å². The molecule has 19 heavy (non-hydrogen) atoms. The zero-order valence-corrected chi connectivity index (χ0v) is 12.6. The molecule has 0 bridgehead atoms. The van der Waals surface area contributed by atoms with Crippen molar-refractivity contribution in [1.82, 2.24) is 9.55 Å². The Kier molecular flexibility index (Phi) is 4.11. The van der Waals surface area contributed by atoms with E-state index in [9.17, 15) is 9.59 Å². The van der Waals surface area contributed by atoms with Crippen molar-refractivity contribution in [2.45, 2.75) is 20.0 Å². The van der Waals surface area contributed by atoms with E-state index >= 15 is 0 Å². The highest BCUT2D eigenvalue weighted by molar-refractivity contribution is 9.10. The largest absolute Gasteiger partial charge is 0.383 e. The van der Waals surface area contributed by atoms with E-state index in [1.165, 1.54) is 4.57 Å². The van der Waals surface area contributed by atoms with Crippen molar-refractivity contribution < 1.29 is 0 Å². The van der Waals surface area contributed by atoms with Crippen LogP contribution in [0.5, 0.6) is 0 Å². The van der Waals surface area contributed by atoms with E-state index < -0.39 is 11.2 Å². The molecule has 0 aliphatic rings. The van der Waals surface area contributed by atoms with Gasteiger partial charge in [-0.25, -0.2) is 4.79 Å². The van der Waals surface area contributed by atoms with Gasteiger partial charge in [0.05, 0.1) is 0 Å². The number of hydrogen-bond acceptors (Lipinski definition) is 5. The Hall–Kier alpha value is -1.54. The van der Waals surface area contributed by atoms with Gasteiger partial charge in [-0.3, -0.25) is 14.3 Å². The van der Waals surface area contributed by atoms with E-state index in [1.54, 1.807) is 18.3 Å². The molecule has 4 N–H and O–H groups in total. The summed E-state index contributed by atoms with van der Waals surface area (Å²) in [5.41, 5.74) is 5.08. The van der Waals surface area contributed by atoms with Crippen molar-refractivity contribution >= 4 is 38.8 Å². The molecule has 0 saturated carbocycles. The molecule has 0 saturated heterocycles. The van der Waals surface area contributed by atoms with Crippen LogP contribution >= 0.6 is 27.3 Å². The molecular weight excluding hydrogens is 332 g/mol. The second-order valence-electron chi connectivity index (χ2n) is 3.85. The maximum atomic E-state index is 11.7.